The van der Waals surface area contributed by atoms with Crippen molar-refractivity contribution in [3.05, 3.63) is 65.7 Å². The summed E-state index contributed by atoms with van der Waals surface area (Å²) in [5.41, 5.74) is 13.1. The van der Waals surface area contributed by atoms with E-state index in [0.717, 1.165) is 12.0 Å². The number of carbonyl (C=O) groups is 8. The Morgan fingerprint density at radius 2 is 1.38 bits per heavy atom. The summed E-state index contributed by atoms with van der Waals surface area (Å²) in [6, 6.07) is 12.6. The van der Waals surface area contributed by atoms with Gasteiger partial charge in [0.1, 0.15) is 12.4 Å². The number of hydrogen-bond acceptors (Lipinski definition) is 13. The van der Waals surface area contributed by atoms with E-state index in [-0.39, 0.29) is 110 Å². The third kappa shape index (κ3) is 19.8. The van der Waals surface area contributed by atoms with Crippen LogP contribution < -0.4 is 22.1 Å². The smallest absolute Gasteiger partial charge is 0.410 e. The molecule has 0 bridgehead atoms. The summed E-state index contributed by atoms with van der Waals surface area (Å²) in [4.78, 5) is 113. The zero-order chi connectivity index (χ0) is 59.4. The molecule has 0 spiro atoms. The normalized spacial score (nSPS) is 17.5. The summed E-state index contributed by atoms with van der Waals surface area (Å²) in [6.45, 7) is 19.2. The number of rotatable bonds is 33. The molecular formula is C60H95N7O12. The number of aliphatic hydroxyl groups is 1. The van der Waals surface area contributed by atoms with Gasteiger partial charge >= 0.3 is 12.1 Å². The van der Waals surface area contributed by atoms with Gasteiger partial charge in [-0.1, -0.05) is 112 Å². The van der Waals surface area contributed by atoms with Crippen molar-refractivity contribution < 1.29 is 57.7 Å². The highest BCUT2D eigenvalue weighted by Crippen LogP contribution is 2.33. The third-order valence-electron chi connectivity index (χ3n) is 15.7. The fourth-order valence-corrected chi connectivity index (χ4v) is 11.0. The number of amides is 6. The zero-order valence-electron chi connectivity index (χ0n) is 49.6. The van der Waals surface area contributed by atoms with E-state index in [9.17, 15) is 43.5 Å². The molecule has 3 rings (SSSR count). The summed E-state index contributed by atoms with van der Waals surface area (Å²) >= 11 is 0. The fraction of sp³-hybridized carbons (Fsp3) is 0.667. The van der Waals surface area contributed by atoms with Crippen molar-refractivity contribution in [1.29, 1.82) is 0 Å². The average molecular weight is 1110 g/mol. The van der Waals surface area contributed by atoms with Crippen molar-refractivity contribution in [2.45, 2.75) is 170 Å². The third-order valence-corrected chi connectivity index (χ3v) is 15.7. The van der Waals surface area contributed by atoms with Crippen molar-refractivity contribution in [2.24, 2.45) is 58.8 Å². The highest BCUT2D eigenvalue weighted by molar-refractivity contribution is 5.96. The monoisotopic (exact) mass is 1110 g/mol. The van der Waals surface area contributed by atoms with Crippen molar-refractivity contribution in [3.8, 4) is 0 Å². The Hall–Kier alpha value is -5.76. The number of nitrogens with one attached hydrogen (secondary N) is 2. The van der Waals surface area contributed by atoms with Crippen LogP contribution in [0.4, 0.5) is 15.3 Å². The van der Waals surface area contributed by atoms with Gasteiger partial charge in [0.05, 0.1) is 48.9 Å². The molecule has 79 heavy (non-hydrogen) atoms. The highest BCUT2D eigenvalue weighted by atomic mass is 16.6. The van der Waals surface area contributed by atoms with Gasteiger partial charge < -0.3 is 56.1 Å². The Labute approximate surface area is 469 Å². The van der Waals surface area contributed by atoms with Crippen LogP contribution in [0.2, 0.25) is 0 Å². The van der Waals surface area contributed by atoms with Gasteiger partial charge in [-0.25, -0.2) is 9.59 Å². The molecule has 1 heterocycles. The number of nitrogens with two attached hydrogens (primary N) is 2. The van der Waals surface area contributed by atoms with Gasteiger partial charge in [-0.15, -0.1) is 0 Å². The van der Waals surface area contributed by atoms with Gasteiger partial charge in [0.25, 0.3) is 0 Å². The number of primary amides is 1. The number of anilines is 1. The molecule has 19 heteroatoms. The second kappa shape index (κ2) is 32.5. The van der Waals surface area contributed by atoms with E-state index in [2.05, 4.69) is 10.6 Å². The summed E-state index contributed by atoms with van der Waals surface area (Å²) < 4.78 is 17.7. The molecule has 19 nitrogen and oxygen atoms in total. The van der Waals surface area contributed by atoms with Crippen LogP contribution in [-0.2, 0) is 49.6 Å². The minimum Gasteiger partial charge on any atom is -0.445 e. The number of benzene rings is 2. The summed E-state index contributed by atoms with van der Waals surface area (Å²) in [5.74, 6) is -4.75. The SMILES string of the molecule is CO[C@H]([C@@H](C)C(=O)C[C@H](C)[C@@H](O)c1ccccc1)[C@@H]1CCCN1C(=O)C[C@@H](OC)[C@H](C(C)C)N(C)C(=O)[C@@H](CC(=O)[C@H](C(C)C)N(C)C(=O)OCc1ccc(NC(=O)[C@H](CCCNC(N)=O)CC(=O)[C@@H](N)C(C)C)cc1)C(C)C. The molecule has 1 aliphatic rings. The summed E-state index contributed by atoms with van der Waals surface area (Å²) in [6.07, 6.45) is -0.900. The molecule has 2 aromatic carbocycles. The lowest BCUT2D eigenvalue weighted by Gasteiger charge is -2.40. The molecule has 1 saturated heterocycles. The molecule has 442 valence electrons. The second-order valence-electron chi connectivity index (χ2n) is 23.1. The molecule has 1 aliphatic heterocycles. The minimum atomic E-state index is -0.928. The quantitative estimate of drug-likeness (QED) is 0.0439. The predicted molar refractivity (Wildman–Crippen MR) is 304 cm³/mol. The standard InChI is InChI=1S/C60H95N7O12/c1-35(2)45(32-49(70)53(37(5)6)66(12)60(76)79-34-41-24-26-44(27-25-41)64-57(73)43(22-18-28-63-59(62)75)31-48(69)52(61)36(3)4)58(74)65(11)54(38(7)8)50(77-13)33-51(71)67-29-19-23-46(67)56(78-14)40(10)47(68)30-39(9)55(72)42-20-16-15-17-21-42/h15-17,20-21,24-27,35-40,43,45-46,50,52-56,72H,18-19,22-23,28-34,61H2,1-14H3,(H,64,73)(H3,62,63,75)/t39-,40-,43+,45-,46-,50+,52-,53-,54-,55+,56+/m0/s1. The minimum absolute atomic E-state index is 0.0425. The lowest BCUT2D eigenvalue weighted by Crippen LogP contribution is -2.54. The molecule has 6 amide bonds. The number of carbonyl (C=O) groups excluding carboxylic acids is 8. The molecule has 0 aliphatic carbocycles. The zero-order valence-corrected chi connectivity index (χ0v) is 49.6. The summed E-state index contributed by atoms with van der Waals surface area (Å²) in [7, 11) is 6.24. The molecule has 2 aromatic rings. The second-order valence-corrected chi connectivity index (χ2v) is 23.1. The Bertz CT molecular complexity index is 2300. The fourth-order valence-electron chi connectivity index (χ4n) is 11.0. The van der Waals surface area contributed by atoms with Crippen LogP contribution in [-0.4, -0.2) is 145 Å². The van der Waals surface area contributed by atoms with Crippen LogP contribution in [0.15, 0.2) is 54.6 Å². The molecule has 1 fully saturated rings. The van der Waals surface area contributed by atoms with Crippen LogP contribution >= 0.6 is 0 Å². The number of ether oxygens (including phenoxy) is 3. The maximum absolute atomic E-state index is 14.7. The van der Waals surface area contributed by atoms with E-state index in [1.165, 1.54) is 19.1 Å². The number of methoxy groups -OCH3 is 2. The largest absolute Gasteiger partial charge is 0.445 e. The lowest BCUT2D eigenvalue weighted by atomic mass is 9.84. The molecule has 0 saturated carbocycles. The van der Waals surface area contributed by atoms with E-state index in [1.54, 1.807) is 48.2 Å². The topological polar surface area (TPSA) is 270 Å². The number of nitrogens with zero attached hydrogens (tertiary/aromatic N) is 3. The Morgan fingerprint density at radius 1 is 0.747 bits per heavy atom. The van der Waals surface area contributed by atoms with Crippen LogP contribution in [0.1, 0.15) is 138 Å². The van der Waals surface area contributed by atoms with Gasteiger partial charge in [-0.3, -0.25) is 28.8 Å². The molecule has 0 radical (unpaired) electrons. The first kappa shape index (κ1) is 67.5. The first-order chi connectivity index (χ1) is 37.2. The van der Waals surface area contributed by atoms with Gasteiger partial charge in [-0.2, -0.15) is 0 Å². The predicted octanol–water partition coefficient (Wildman–Crippen LogP) is 7.32. The number of likely N-dealkylation sites (tertiary alicyclic amines) is 1. The van der Waals surface area contributed by atoms with Crippen molar-refractivity contribution in [1.82, 2.24) is 20.0 Å². The van der Waals surface area contributed by atoms with E-state index in [1.807, 2.05) is 99.6 Å². The Kier molecular flexibility index (Phi) is 27.8. The van der Waals surface area contributed by atoms with Crippen molar-refractivity contribution >= 4 is 52.9 Å². The number of ketones is 3. The van der Waals surface area contributed by atoms with Gasteiger partial charge in [0.2, 0.25) is 17.7 Å². The molecule has 7 N–H and O–H groups in total. The van der Waals surface area contributed by atoms with E-state index < -0.39 is 66.3 Å². The van der Waals surface area contributed by atoms with Crippen molar-refractivity contribution in [3.63, 3.8) is 0 Å². The average Bonchev–Trinajstić information content (AvgIpc) is 3.90. The van der Waals surface area contributed by atoms with Gasteiger partial charge in [0, 0.05) is 84.1 Å². The maximum atomic E-state index is 14.7. The first-order valence-electron chi connectivity index (χ1n) is 28.2. The Balaban J connectivity index is 1.68. The van der Waals surface area contributed by atoms with E-state index in [0.29, 0.717) is 37.1 Å². The molecular weight excluding hydrogens is 1010 g/mol. The van der Waals surface area contributed by atoms with Gasteiger partial charge in [-0.05, 0) is 78.5 Å². The van der Waals surface area contributed by atoms with Crippen LogP contribution in [0, 0.1) is 47.3 Å². The number of urea groups is 1. The highest BCUT2D eigenvalue weighted by Gasteiger charge is 2.43. The van der Waals surface area contributed by atoms with Crippen LogP contribution in [0.5, 0.6) is 0 Å². The van der Waals surface area contributed by atoms with Crippen LogP contribution in [0.3, 0.4) is 0 Å². The first-order valence-corrected chi connectivity index (χ1v) is 28.2. The maximum Gasteiger partial charge on any atom is 0.410 e. The van der Waals surface area contributed by atoms with Crippen molar-refractivity contribution in [2.75, 3.05) is 46.7 Å². The lowest BCUT2D eigenvalue weighted by molar-refractivity contribution is -0.149. The Morgan fingerprint density at radius 3 is 1.92 bits per heavy atom. The number of hydrogen-bond donors (Lipinski definition) is 5. The molecule has 0 unspecified atom stereocenters. The number of aliphatic hydroxyl groups excluding tert-OH is 1. The van der Waals surface area contributed by atoms with Crippen LogP contribution in [0.25, 0.3) is 0 Å². The van der Waals surface area contributed by atoms with E-state index >= 15 is 0 Å². The number of likely N-dealkylation sites (N-methyl/N-ethyl adjacent to an activating group) is 2. The number of Topliss-reactive ketones (excluding diaryl/α,β-unsaturated/α-hetero) is 3. The van der Waals surface area contributed by atoms with E-state index in [4.69, 9.17) is 25.7 Å². The molecule has 0 aromatic heterocycles. The van der Waals surface area contributed by atoms with Gasteiger partial charge in [0.15, 0.2) is 11.6 Å². The molecule has 11 atom stereocenters. The summed E-state index contributed by atoms with van der Waals surface area (Å²) in [5, 5.41) is 16.3.